The third-order valence-corrected chi connectivity index (χ3v) is 4.09. The Kier molecular flexibility index (Phi) is 3.47. The van der Waals surface area contributed by atoms with Crippen LogP contribution >= 0.6 is 0 Å². The summed E-state index contributed by atoms with van der Waals surface area (Å²) in [5.74, 6) is 0. The second-order valence-corrected chi connectivity index (χ2v) is 5.41. The highest BCUT2D eigenvalue weighted by Crippen LogP contribution is 2.27. The maximum atomic E-state index is 10.7. The molecule has 2 aromatic heterocycles. The molecule has 0 saturated carbocycles. The maximum Gasteiger partial charge on any atom is 0.0838 e. The molecular weight excluding hydrogens is 262 g/mol. The monoisotopic (exact) mass is 281 g/mol. The fourth-order valence-corrected chi connectivity index (χ4v) is 2.83. The second kappa shape index (κ2) is 5.30. The van der Waals surface area contributed by atoms with Crippen LogP contribution < -0.4 is 0 Å². The van der Waals surface area contributed by atoms with E-state index in [1.807, 2.05) is 55.9 Å². The highest BCUT2D eigenvalue weighted by molar-refractivity contribution is 5.82. The quantitative estimate of drug-likeness (QED) is 0.803. The zero-order chi connectivity index (χ0) is 15.0. The number of aliphatic hydroxyl groups excluding tert-OH is 1. The van der Waals surface area contributed by atoms with Crippen LogP contribution in [0.4, 0.5) is 0 Å². The van der Waals surface area contributed by atoms with Crippen LogP contribution in [-0.2, 0) is 13.5 Å². The van der Waals surface area contributed by atoms with Gasteiger partial charge in [-0.2, -0.15) is 5.10 Å². The van der Waals surface area contributed by atoms with Crippen molar-refractivity contribution in [1.82, 2.24) is 14.8 Å². The van der Waals surface area contributed by atoms with Crippen molar-refractivity contribution in [3.63, 3.8) is 0 Å². The minimum Gasteiger partial charge on any atom is -0.388 e. The number of aliphatic hydroxyl groups is 1. The highest BCUT2D eigenvalue weighted by atomic mass is 16.3. The van der Waals surface area contributed by atoms with Gasteiger partial charge in [0, 0.05) is 30.7 Å². The van der Waals surface area contributed by atoms with Gasteiger partial charge in [-0.3, -0.25) is 9.67 Å². The van der Waals surface area contributed by atoms with Crippen molar-refractivity contribution in [3.05, 3.63) is 59.0 Å². The lowest BCUT2D eigenvalue weighted by Crippen LogP contribution is -2.05. The molecule has 0 radical (unpaired) electrons. The summed E-state index contributed by atoms with van der Waals surface area (Å²) in [6.45, 7) is 4.02. The van der Waals surface area contributed by atoms with Crippen LogP contribution in [0.5, 0.6) is 0 Å². The van der Waals surface area contributed by atoms with Crippen LogP contribution in [0.1, 0.15) is 28.6 Å². The van der Waals surface area contributed by atoms with Crippen molar-refractivity contribution in [2.45, 2.75) is 26.4 Å². The normalized spacial score (nSPS) is 12.8. The summed E-state index contributed by atoms with van der Waals surface area (Å²) in [7, 11) is 1.93. The summed E-state index contributed by atoms with van der Waals surface area (Å²) in [6, 6.07) is 9.78. The molecule has 21 heavy (non-hydrogen) atoms. The second-order valence-electron chi connectivity index (χ2n) is 5.41. The number of hydrogen-bond acceptors (Lipinski definition) is 3. The Labute approximate surface area is 124 Å². The van der Waals surface area contributed by atoms with Gasteiger partial charge in [-0.25, -0.2) is 0 Å². The average molecular weight is 281 g/mol. The van der Waals surface area contributed by atoms with Crippen LogP contribution in [0.25, 0.3) is 10.9 Å². The number of fused-ring (bicyclic) bond motifs is 1. The molecule has 0 fully saturated rings. The van der Waals surface area contributed by atoms with Gasteiger partial charge < -0.3 is 5.11 Å². The topological polar surface area (TPSA) is 50.9 Å². The van der Waals surface area contributed by atoms with Gasteiger partial charge in [0.1, 0.15) is 0 Å². The fraction of sp³-hybridized carbons (Fsp3) is 0.294. The van der Waals surface area contributed by atoms with Crippen molar-refractivity contribution in [3.8, 4) is 0 Å². The van der Waals surface area contributed by atoms with Crippen molar-refractivity contribution < 1.29 is 5.11 Å². The molecule has 3 aromatic rings. The van der Waals surface area contributed by atoms with E-state index in [1.54, 1.807) is 6.20 Å². The average Bonchev–Trinajstić information content (AvgIpc) is 2.73. The standard InChI is InChI=1S/C17H19N3O/c1-11-15(12(2)20(3)19-11)10-17(21)14-6-4-8-16-13(14)7-5-9-18-16/h4-9,17,21H,10H2,1-3H3. The molecule has 0 aliphatic carbocycles. The Balaban J connectivity index is 1.99. The molecule has 2 heterocycles. The summed E-state index contributed by atoms with van der Waals surface area (Å²) in [6.07, 6.45) is 1.78. The van der Waals surface area contributed by atoms with Crippen molar-refractivity contribution >= 4 is 10.9 Å². The molecule has 4 heteroatoms. The first-order valence-electron chi connectivity index (χ1n) is 7.08. The van der Waals surface area contributed by atoms with E-state index < -0.39 is 6.10 Å². The van der Waals surface area contributed by atoms with Crippen LogP contribution in [0.2, 0.25) is 0 Å². The molecular formula is C17H19N3O. The molecule has 1 unspecified atom stereocenters. The third-order valence-electron chi connectivity index (χ3n) is 4.09. The SMILES string of the molecule is Cc1nn(C)c(C)c1CC(O)c1cccc2ncccc12. The van der Waals surface area contributed by atoms with Gasteiger partial charge >= 0.3 is 0 Å². The molecule has 0 aliphatic heterocycles. The number of nitrogens with zero attached hydrogens (tertiary/aromatic N) is 3. The Morgan fingerprint density at radius 3 is 2.71 bits per heavy atom. The van der Waals surface area contributed by atoms with Gasteiger partial charge in [-0.15, -0.1) is 0 Å². The van der Waals surface area contributed by atoms with Gasteiger partial charge in [-0.05, 0) is 37.1 Å². The van der Waals surface area contributed by atoms with Crippen LogP contribution in [-0.4, -0.2) is 19.9 Å². The highest BCUT2D eigenvalue weighted by Gasteiger charge is 2.17. The van der Waals surface area contributed by atoms with E-state index in [1.165, 1.54) is 0 Å². The minimum absolute atomic E-state index is 0.556. The molecule has 0 spiro atoms. The van der Waals surface area contributed by atoms with Gasteiger partial charge in [0.15, 0.2) is 0 Å². The Hall–Kier alpha value is -2.20. The molecule has 0 bridgehead atoms. The molecule has 4 nitrogen and oxygen atoms in total. The van der Waals surface area contributed by atoms with E-state index in [9.17, 15) is 5.11 Å². The van der Waals surface area contributed by atoms with E-state index in [0.717, 1.165) is 33.4 Å². The third kappa shape index (κ3) is 2.43. The molecule has 1 aromatic carbocycles. The van der Waals surface area contributed by atoms with E-state index in [-0.39, 0.29) is 0 Å². The van der Waals surface area contributed by atoms with Crippen molar-refractivity contribution in [2.75, 3.05) is 0 Å². The molecule has 108 valence electrons. The molecule has 0 amide bonds. The summed E-state index contributed by atoms with van der Waals surface area (Å²) >= 11 is 0. The Morgan fingerprint density at radius 1 is 1.19 bits per heavy atom. The lowest BCUT2D eigenvalue weighted by atomic mass is 9.97. The molecule has 0 aliphatic rings. The van der Waals surface area contributed by atoms with Crippen molar-refractivity contribution in [1.29, 1.82) is 0 Å². The van der Waals surface area contributed by atoms with E-state index in [4.69, 9.17) is 0 Å². The zero-order valence-corrected chi connectivity index (χ0v) is 12.5. The lowest BCUT2D eigenvalue weighted by molar-refractivity contribution is 0.179. The number of rotatable bonds is 3. The molecule has 1 N–H and O–H groups in total. The minimum atomic E-state index is -0.556. The first kappa shape index (κ1) is 13.8. The predicted molar refractivity (Wildman–Crippen MR) is 83.1 cm³/mol. The lowest BCUT2D eigenvalue weighted by Gasteiger charge is -2.14. The van der Waals surface area contributed by atoms with Gasteiger partial charge in [0.25, 0.3) is 0 Å². The summed E-state index contributed by atoms with van der Waals surface area (Å²) < 4.78 is 1.86. The van der Waals surface area contributed by atoms with E-state index in [2.05, 4.69) is 10.1 Å². The number of aromatic nitrogens is 3. The maximum absolute atomic E-state index is 10.7. The van der Waals surface area contributed by atoms with E-state index in [0.29, 0.717) is 6.42 Å². The molecule has 0 saturated heterocycles. The Morgan fingerprint density at radius 2 is 2.00 bits per heavy atom. The fourth-order valence-electron chi connectivity index (χ4n) is 2.83. The molecule has 1 atom stereocenters. The first-order valence-corrected chi connectivity index (χ1v) is 7.08. The van der Waals surface area contributed by atoms with Gasteiger partial charge in [-0.1, -0.05) is 18.2 Å². The summed E-state index contributed by atoms with van der Waals surface area (Å²) in [5.41, 5.74) is 5.03. The number of benzene rings is 1. The smallest absolute Gasteiger partial charge is 0.0838 e. The number of aryl methyl sites for hydroxylation is 2. The number of hydrogen-bond donors (Lipinski definition) is 1. The largest absolute Gasteiger partial charge is 0.388 e. The molecule has 3 rings (SSSR count). The van der Waals surface area contributed by atoms with Gasteiger partial charge in [0.2, 0.25) is 0 Å². The van der Waals surface area contributed by atoms with Crippen LogP contribution in [0.15, 0.2) is 36.5 Å². The zero-order valence-electron chi connectivity index (χ0n) is 12.5. The summed E-state index contributed by atoms with van der Waals surface area (Å²) in [5, 5.41) is 16.1. The van der Waals surface area contributed by atoms with Crippen LogP contribution in [0.3, 0.4) is 0 Å². The van der Waals surface area contributed by atoms with Crippen LogP contribution in [0, 0.1) is 13.8 Å². The number of pyridine rings is 1. The van der Waals surface area contributed by atoms with Crippen molar-refractivity contribution in [2.24, 2.45) is 7.05 Å². The summed E-state index contributed by atoms with van der Waals surface area (Å²) in [4.78, 5) is 4.34. The predicted octanol–water partition coefficient (Wildman–Crippen LogP) is 2.86. The Bertz CT molecular complexity index is 787. The van der Waals surface area contributed by atoms with E-state index >= 15 is 0 Å². The first-order chi connectivity index (χ1) is 10.1. The van der Waals surface area contributed by atoms with Gasteiger partial charge in [0.05, 0.1) is 17.3 Å².